The number of aliphatic hydroxyl groups excluding tert-OH is 1. The molecule has 1 N–H and O–H groups in total. The van der Waals surface area contributed by atoms with Gasteiger partial charge in [-0.2, -0.15) is 0 Å². The van der Waals surface area contributed by atoms with Crippen LogP contribution in [0.25, 0.3) is 0 Å². The third-order valence-electron chi connectivity index (χ3n) is 3.16. The van der Waals surface area contributed by atoms with Crippen molar-refractivity contribution in [2.24, 2.45) is 0 Å². The minimum absolute atomic E-state index is 0.295. The minimum Gasteiger partial charge on any atom is -0.396 e. The molecule has 1 aliphatic heterocycles. The number of nitrogens with zero attached hydrogens (tertiary/aromatic N) is 1. The van der Waals surface area contributed by atoms with Gasteiger partial charge in [-0.1, -0.05) is 18.2 Å². The molecular formula is C13H19NO. The van der Waals surface area contributed by atoms with Crippen LogP contribution >= 0.6 is 0 Å². The molecule has 2 nitrogen and oxygen atoms in total. The lowest BCUT2D eigenvalue weighted by molar-refractivity contribution is 0.287. The van der Waals surface area contributed by atoms with E-state index >= 15 is 0 Å². The first-order valence-electron chi connectivity index (χ1n) is 5.70. The Morgan fingerprint density at radius 1 is 1.40 bits per heavy atom. The van der Waals surface area contributed by atoms with Crippen molar-refractivity contribution in [1.29, 1.82) is 0 Å². The lowest BCUT2D eigenvalue weighted by atomic mass is 9.92. The average Bonchev–Trinajstić information content (AvgIpc) is 2.25. The third-order valence-corrected chi connectivity index (χ3v) is 3.16. The molecule has 1 aliphatic rings. The van der Waals surface area contributed by atoms with Gasteiger partial charge in [-0.25, -0.2) is 0 Å². The predicted octanol–water partition coefficient (Wildman–Crippen LogP) is 1.60. The summed E-state index contributed by atoms with van der Waals surface area (Å²) in [4.78, 5) is 2.36. The van der Waals surface area contributed by atoms with Crippen molar-refractivity contribution in [2.75, 3.05) is 20.2 Å². The number of hydrogen-bond donors (Lipinski definition) is 1. The van der Waals surface area contributed by atoms with Gasteiger partial charge in [0.15, 0.2) is 0 Å². The largest absolute Gasteiger partial charge is 0.396 e. The van der Waals surface area contributed by atoms with Gasteiger partial charge in [-0.15, -0.1) is 0 Å². The summed E-state index contributed by atoms with van der Waals surface area (Å²) >= 11 is 0. The van der Waals surface area contributed by atoms with Crippen molar-refractivity contribution in [2.45, 2.75) is 25.8 Å². The first-order valence-corrected chi connectivity index (χ1v) is 5.70. The van der Waals surface area contributed by atoms with Gasteiger partial charge in [0.1, 0.15) is 0 Å². The smallest absolute Gasteiger partial charge is 0.0434 e. The Kier molecular flexibility index (Phi) is 3.39. The Morgan fingerprint density at radius 2 is 2.27 bits per heavy atom. The van der Waals surface area contributed by atoms with Gasteiger partial charge in [-0.05, 0) is 43.0 Å². The molecule has 0 fully saturated rings. The maximum Gasteiger partial charge on any atom is 0.0434 e. The molecule has 0 amide bonds. The zero-order chi connectivity index (χ0) is 10.7. The summed E-state index contributed by atoms with van der Waals surface area (Å²) in [6.45, 7) is 2.52. The highest BCUT2D eigenvalue weighted by Crippen LogP contribution is 2.22. The minimum atomic E-state index is 0.295. The summed E-state index contributed by atoms with van der Waals surface area (Å²) in [5.74, 6) is 0. The quantitative estimate of drug-likeness (QED) is 0.810. The topological polar surface area (TPSA) is 23.5 Å². The molecule has 0 saturated heterocycles. The summed E-state index contributed by atoms with van der Waals surface area (Å²) < 4.78 is 0. The molecule has 1 aromatic carbocycles. The van der Waals surface area contributed by atoms with Crippen LogP contribution in [0.3, 0.4) is 0 Å². The van der Waals surface area contributed by atoms with Gasteiger partial charge in [0.05, 0.1) is 0 Å². The summed E-state index contributed by atoms with van der Waals surface area (Å²) in [5.41, 5.74) is 4.44. The molecule has 2 rings (SSSR count). The second-order valence-corrected chi connectivity index (χ2v) is 4.37. The number of aryl methyl sites for hydroxylation is 1. The normalized spacial score (nSPS) is 16.4. The molecule has 0 atom stereocenters. The Labute approximate surface area is 91.5 Å². The van der Waals surface area contributed by atoms with Gasteiger partial charge in [0.25, 0.3) is 0 Å². The SMILES string of the molecule is CN1CCc2c(CCCO)cccc2C1. The van der Waals surface area contributed by atoms with Crippen LogP contribution in [0.2, 0.25) is 0 Å². The summed E-state index contributed by atoms with van der Waals surface area (Å²) in [7, 11) is 2.17. The highest BCUT2D eigenvalue weighted by Gasteiger charge is 2.15. The molecule has 0 radical (unpaired) electrons. The standard InChI is InChI=1S/C13H19NO/c1-14-8-7-13-11(6-3-9-15)4-2-5-12(13)10-14/h2,4-5,15H,3,6-10H2,1H3. The second kappa shape index (κ2) is 4.77. The first kappa shape index (κ1) is 10.7. The maximum absolute atomic E-state index is 8.87. The molecule has 0 aromatic heterocycles. The molecule has 15 heavy (non-hydrogen) atoms. The number of aliphatic hydroxyl groups is 1. The van der Waals surface area contributed by atoms with Gasteiger partial charge in [0, 0.05) is 19.7 Å². The van der Waals surface area contributed by atoms with Crippen LogP contribution in [-0.4, -0.2) is 30.2 Å². The maximum atomic E-state index is 8.87. The van der Waals surface area contributed by atoms with Crippen LogP contribution in [0.5, 0.6) is 0 Å². The van der Waals surface area contributed by atoms with Crippen molar-refractivity contribution in [3.05, 3.63) is 34.9 Å². The first-order chi connectivity index (χ1) is 7.31. The van der Waals surface area contributed by atoms with E-state index in [0.29, 0.717) is 6.61 Å². The van der Waals surface area contributed by atoms with E-state index in [-0.39, 0.29) is 0 Å². The van der Waals surface area contributed by atoms with Gasteiger partial charge >= 0.3 is 0 Å². The van der Waals surface area contributed by atoms with Gasteiger partial charge < -0.3 is 10.0 Å². The van der Waals surface area contributed by atoms with Crippen LogP contribution in [0.1, 0.15) is 23.1 Å². The average molecular weight is 205 g/mol. The second-order valence-electron chi connectivity index (χ2n) is 4.37. The Bertz CT molecular complexity index is 335. The van der Waals surface area contributed by atoms with Crippen molar-refractivity contribution < 1.29 is 5.11 Å². The van der Waals surface area contributed by atoms with Crippen LogP contribution < -0.4 is 0 Å². The molecule has 0 aliphatic carbocycles. The predicted molar refractivity (Wildman–Crippen MR) is 61.9 cm³/mol. The molecular weight excluding hydrogens is 186 g/mol. The Balaban J connectivity index is 2.21. The fraction of sp³-hybridized carbons (Fsp3) is 0.538. The van der Waals surface area contributed by atoms with Crippen molar-refractivity contribution >= 4 is 0 Å². The molecule has 1 aromatic rings. The fourth-order valence-corrected chi connectivity index (χ4v) is 2.33. The van der Waals surface area contributed by atoms with E-state index in [2.05, 4.69) is 30.1 Å². The number of likely N-dealkylation sites (N-methyl/N-ethyl adjacent to an activating group) is 1. The van der Waals surface area contributed by atoms with E-state index < -0.39 is 0 Å². The number of rotatable bonds is 3. The molecule has 82 valence electrons. The van der Waals surface area contributed by atoms with Crippen molar-refractivity contribution in [1.82, 2.24) is 4.90 Å². The van der Waals surface area contributed by atoms with E-state index in [1.165, 1.54) is 16.7 Å². The van der Waals surface area contributed by atoms with Crippen LogP contribution in [0, 0.1) is 0 Å². The third kappa shape index (κ3) is 2.39. The molecule has 0 spiro atoms. The Morgan fingerprint density at radius 3 is 3.07 bits per heavy atom. The van der Waals surface area contributed by atoms with E-state index in [1.807, 2.05) is 0 Å². The summed E-state index contributed by atoms with van der Waals surface area (Å²) in [6.07, 6.45) is 3.06. The summed E-state index contributed by atoms with van der Waals surface area (Å²) in [5, 5.41) is 8.87. The monoisotopic (exact) mass is 205 g/mol. The molecule has 0 unspecified atom stereocenters. The zero-order valence-corrected chi connectivity index (χ0v) is 9.37. The van der Waals surface area contributed by atoms with Crippen LogP contribution in [0.15, 0.2) is 18.2 Å². The van der Waals surface area contributed by atoms with Crippen LogP contribution in [-0.2, 0) is 19.4 Å². The number of fused-ring (bicyclic) bond motifs is 1. The zero-order valence-electron chi connectivity index (χ0n) is 9.37. The van der Waals surface area contributed by atoms with Gasteiger partial charge in [0.2, 0.25) is 0 Å². The highest BCUT2D eigenvalue weighted by atomic mass is 16.2. The fourth-order valence-electron chi connectivity index (χ4n) is 2.33. The van der Waals surface area contributed by atoms with Gasteiger partial charge in [-0.3, -0.25) is 0 Å². The molecule has 0 bridgehead atoms. The van der Waals surface area contributed by atoms with Crippen LogP contribution in [0.4, 0.5) is 0 Å². The van der Waals surface area contributed by atoms with E-state index in [4.69, 9.17) is 5.11 Å². The molecule has 1 heterocycles. The van der Waals surface area contributed by atoms with E-state index in [1.54, 1.807) is 0 Å². The van der Waals surface area contributed by atoms with Crippen molar-refractivity contribution in [3.63, 3.8) is 0 Å². The molecule has 2 heteroatoms. The summed E-state index contributed by atoms with van der Waals surface area (Å²) in [6, 6.07) is 6.58. The number of benzene rings is 1. The Hall–Kier alpha value is -0.860. The van der Waals surface area contributed by atoms with E-state index in [9.17, 15) is 0 Å². The van der Waals surface area contributed by atoms with E-state index in [0.717, 1.165) is 32.4 Å². The molecule has 0 saturated carbocycles. The highest BCUT2D eigenvalue weighted by molar-refractivity contribution is 5.37. The lowest BCUT2D eigenvalue weighted by Crippen LogP contribution is -2.27. The van der Waals surface area contributed by atoms with Crippen molar-refractivity contribution in [3.8, 4) is 0 Å². The number of hydrogen-bond acceptors (Lipinski definition) is 2. The lowest BCUT2D eigenvalue weighted by Gasteiger charge is -2.26.